The Labute approximate surface area is 299 Å². The number of imidazole rings is 1. The van der Waals surface area contributed by atoms with E-state index in [1.54, 1.807) is 12.3 Å². The van der Waals surface area contributed by atoms with Crippen molar-refractivity contribution in [3.05, 3.63) is 59.7 Å². The number of carbonyl (C=O) groups excluding carboxylic acids is 2. The summed E-state index contributed by atoms with van der Waals surface area (Å²) in [7, 11) is 0. The van der Waals surface area contributed by atoms with E-state index in [9.17, 15) is 9.59 Å². The van der Waals surface area contributed by atoms with Crippen LogP contribution in [0.3, 0.4) is 0 Å². The number of rotatable bonds is 13. The maximum absolute atomic E-state index is 13.8. The van der Waals surface area contributed by atoms with Crippen LogP contribution in [0.5, 0.6) is 5.75 Å². The van der Waals surface area contributed by atoms with Gasteiger partial charge in [-0.25, -0.2) is 14.5 Å². The standard InChI is InChI=1S/C38H53N7O6/c1-37(2,3)51-36(47)39-13-17-48-18-19-49-29-20-30(31-23-41-45(32(31)21-29)34-8-6-7-16-50-34)35(46)40-22-28-26-44-25-27(9-10-33(44)42-28)24-43-14-11-38(4,5)12-15-43/h9-10,20-21,23,25-26,34H,6-8,11-19,22,24H2,1-5H3,(H,39,47)(H,40,46). The van der Waals surface area contributed by atoms with E-state index < -0.39 is 11.7 Å². The minimum atomic E-state index is -0.558. The van der Waals surface area contributed by atoms with Gasteiger partial charge in [0.1, 0.15) is 23.6 Å². The topological polar surface area (TPSA) is 133 Å². The van der Waals surface area contributed by atoms with Gasteiger partial charge in [0.25, 0.3) is 5.91 Å². The SMILES string of the molecule is CC1(C)CCN(Cc2ccc3nc(CNC(=O)c4cc(OCCOCCNC(=O)OC(C)(C)C)cc5c4cnn5C4CCCCO4)cn3c2)CC1. The lowest BCUT2D eigenvalue weighted by Crippen LogP contribution is -2.36. The van der Waals surface area contributed by atoms with Gasteiger partial charge in [-0.05, 0) is 89.1 Å². The van der Waals surface area contributed by atoms with Crippen molar-refractivity contribution in [2.75, 3.05) is 46.1 Å². The van der Waals surface area contributed by atoms with Crippen molar-refractivity contribution in [3.8, 4) is 5.75 Å². The Hall–Kier alpha value is -4.20. The third-order valence-corrected chi connectivity index (χ3v) is 9.38. The summed E-state index contributed by atoms with van der Waals surface area (Å²) in [6.07, 6.45) is 10.5. The number of carbonyl (C=O) groups is 2. The molecule has 51 heavy (non-hydrogen) atoms. The number of likely N-dealkylation sites (tertiary alicyclic amines) is 1. The molecular formula is C38H53N7O6. The fourth-order valence-electron chi connectivity index (χ4n) is 6.51. The summed E-state index contributed by atoms with van der Waals surface area (Å²) >= 11 is 0. The summed E-state index contributed by atoms with van der Waals surface area (Å²) in [5.74, 6) is 0.281. The third-order valence-electron chi connectivity index (χ3n) is 9.38. The number of alkyl carbamates (subject to hydrolysis) is 1. The lowest BCUT2D eigenvalue weighted by Gasteiger charge is -2.36. The number of nitrogens with zero attached hydrogens (tertiary/aromatic N) is 5. The number of amides is 2. The Kier molecular flexibility index (Phi) is 11.5. The molecule has 1 aromatic carbocycles. The second kappa shape index (κ2) is 16.0. The molecular weight excluding hydrogens is 650 g/mol. The zero-order valence-electron chi connectivity index (χ0n) is 30.7. The first-order valence-electron chi connectivity index (χ1n) is 18.2. The molecule has 1 unspecified atom stereocenters. The van der Waals surface area contributed by atoms with Gasteiger partial charge in [-0.2, -0.15) is 5.10 Å². The molecule has 5 heterocycles. The lowest BCUT2D eigenvalue weighted by atomic mass is 9.82. The van der Waals surface area contributed by atoms with Crippen molar-refractivity contribution in [1.82, 2.24) is 34.7 Å². The van der Waals surface area contributed by atoms with Crippen LogP contribution in [0, 0.1) is 5.41 Å². The lowest BCUT2D eigenvalue weighted by molar-refractivity contribution is -0.0366. The van der Waals surface area contributed by atoms with Crippen molar-refractivity contribution in [2.45, 2.75) is 91.6 Å². The molecule has 2 amide bonds. The van der Waals surface area contributed by atoms with E-state index in [4.69, 9.17) is 23.9 Å². The zero-order chi connectivity index (χ0) is 36.0. The highest BCUT2D eigenvalue weighted by Gasteiger charge is 2.26. The average molecular weight is 704 g/mol. The number of ether oxygens (including phenoxy) is 4. The van der Waals surface area contributed by atoms with Crippen LogP contribution in [0.15, 0.2) is 42.9 Å². The van der Waals surface area contributed by atoms with Gasteiger partial charge in [-0.15, -0.1) is 0 Å². The molecule has 0 radical (unpaired) electrons. The van der Waals surface area contributed by atoms with Gasteiger partial charge >= 0.3 is 6.09 Å². The maximum Gasteiger partial charge on any atom is 0.407 e. The largest absolute Gasteiger partial charge is 0.491 e. The highest BCUT2D eigenvalue weighted by molar-refractivity contribution is 6.06. The predicted octanol–water partition coefficient (Wildman–Crippen LogP) is 5.86. The van der Waals surface area contributed by atoms with Crippen LogP contribution in [0.1, 0.15) is 94.6 Å². The van der Waals surface area contributed by atoms with Gasteiger partial charge in [-0.3, -0.25) is 9.69 Å². The van der Waals surface area contributed by atoms with Crippen molar-refractivity contribution < 1.29 is 28.5 Å². The number of fused-ring (bicyclic) bond motifs is 2. The number of benzene rings is 1. The average Bonchev–Trinajstić information content (AvgIpc) is 3.71. The van der Waals surface area contributed by atoms with Gasteiger partial charge in [0, 0.05) is 43.5 Å². The summed E-state index contributed by atoms with van der Waals surface area (Å²) in [4.78, 5) is 32.9. The van der Waals surface area contributed by atoms with E-state index in [1.165, 1.54) is 18.4 Å². The predicted molar refractivity (Wildman–Crippen MR) is 194 cm³/mol. The van der Waals surface area contributed by atoms with Crippen molar-refractivity contribution in [3.63, 3.8) is 0 Å². The van der Waals surface area contributed by atoms with Crippen LogP contribution in [-0.4, -0.2) is 87.7 Å². The fourth-order valence-corrected chi connectivity index (χ4v) is 6.51. The molecule has 6 rings (SSSR count). The van der Waals surface area contributed by atoms with Crippen LogP contribution in [0.4, 0.5) is 4.79 Å². The molecule has 3 aromatic heterocycles. The molecule has 1 atom stereocenters. The number of hydrogen-bond acceptors (Lipinski definition) is 9. The highest BCUT2D eigenvalue weighted by atomic mass is 16.6. The van der Waals surface area contributed by atoms with Crippen LogP contribution in [0.25, 0.3) is 16.6 Å². The number of nitrogens with one attached hydrogen (secondary N) is 2. The number of aromatic nitrogens is 4. The Morgan fingerprint density at radius 3 is 2.63 bits per heavy atom. The van der Waals surface area contributed by atoms with Crippen LogP contribution in [0.2, 0.25) is 0 Å². The number of hydrogen-bond donors (Lipinski definition) is 2. The summed E-state index contributed by atoms with van der Waals surface area (Å²) in [6, 6.07) is 7.83. The van der Waals surface area contributed by atoms with E-state index in [0.29, 0.717) is 43.1 Å². The molecule has 4 aromatic rings. The second-order valence-electron chi connectivity index (χ2n) is 15.4. The summed E-state index contributed by atoms with van der Waals surface area (Å²) in [5.41, 5.74) is 3.96. The van der Waals surface area contributed by atoms with E-state index in [0.717, 1.165) is 61.1 Å². The Balaban J connectivity index is 1.08. The molecule has 0 saturated carbocycles. The van der Waals surface area contributed by atoms with Gasteiger partial charge in [0.05, 0.1) is 42.7 Å². The first-order valence-corrected chi connectivity index (χ1v) is 18.2. The Morgan fingerprint density at radius 1 is 1.04 bits per heavy atom. The second-order valence-corrected chi connectivity index (χ2v) is 15.4. The quantitative estimate of drug-likeness (QED) is 0.165. The summed E-state index contributed by atoms with van der Waals surface area (Å²) < 4.78 is 26.9. The van der Waals surface area contributed by atoms with Crippen molar-refractivity contribution >= 4 is 28.6 Å². The molecule has 276 valence electrons. The van der Waals surface area contributed by atoms with Gasteiger partial charge < -0.3 is 34.0 Å². The molecule has 13 heteroatoms. The molecule has 2 N–H and O–H groups in total. The minimum absolute atomic E-state index is 0.201. The van der Waals surface area contributed by atoms with Gasteiger partial charge in [0.2, 0.25) is 0 Å². The van der Waals surface area contributed by atoms with Crippen molar-refractivity contribution in [1.29, 1.82) is 0 Å². The van der Waals surface area contributed by atoms with Crippen LogP contribution < -0.4 is 15.4 Å². The fraction of sp³-hybridized carbons (Fsp3) is 0.579. The number of pyridine rings is 1. The zero-order valence-corrected chi connectivity index (χ0v) is 30.7. The molecule has 0 bridgehead atoms. The Bertz CT molecular complexity index is 1790. The molecule has 2 aliphatic heterocycles. The molecule has 2 fully saturated rings. The monoisotopic (exact) mass is 703 g/mol. The normalized spacial score (nSPS) is 18.2. The summed E-state index contributed by atoms with van der Waals surface area (Å²) in [5, 5.41) is 11.1. The van der Waals surface area contributed by atoms with E-state index in [1.807, 2.05) is 48.2 Å². The van der Waals surface area contributed by atoms with E-state index >= 15 is 0 Å². The molecule has 0 spiro atoms. The molecule has 0 aliphatic carbocycles. The van der Waals surface area contributed by atoms with Gasteiger partial charge in [0.15, 0.2) is 6.23 Å². The third kappa shape index (κ3) is 9.99. The van der Waals surface area contributed by atoms with Crippen LogP contribution >= 0.6 is 0 Å². The first kappa shape index (κ1) is 36.6. The highest BCUT2D eigenvalue weighted by Crippen LogP contribution is 2.32. The first-order chi connectivity index (χ1) is 24.4. The molecule has 2 aliphatic rings. The van der Waals surface area contributed by atoms with Crippen LogP contribution in [-0.2, 0) is 27.3 Å². The molecule has 2 saturated heterocycles. The van der Waals surface area contributed by atoms with Gasteiger partial charge in [-0.1, -0.05) is 19.9 Å². The smallest absolute Gasteiger partial charge is 0.407 e. The summed E-state index contributed by atoms with van der Waals surface area (Å²) in [6.45, 7) is 15.4. The Morgan fingerprint density at radius 2 is 1.86 bits per heavy atom. The van der Waals surface area contributed by atoms with E-state index in [-0.39, 0.29) is 25.3 Å². The van der Waals surface area contributed by atoms with Crippen molar-refractivity contribution in [2.24, 2.45) is 5.41 Å². The minimum Gasteiger partial charge on any atom is -0.491 e. The number of piperidine rings is 1. The maximum atomic E-state index is 13.8. The van der Waals surface area contributed by atoms with E-state index in [2.05, 4.69) is 46.7 Å². The molecule has 13 nitrogen and oxygen atoms in total.